The van der Waals surface area contributed by atoms with Crippen molar-refractivity contribution in [1.82, 2.24) is 19.5 Å². The van der Waals surface area contributed by atoms with Crippen LogP contribution in [0.1, 0.15) is 57.9 Å². The monoisotopic (exact) mass is 531 g/mol. The summed E-state index contributed by atoms with van der Waals surface area (Å²) in [5.74, 6) is 1.07. The van der Waals surface area contributed by atoms with Crippen LogP contribution in [-0.4, -0.2) is 42.7 Å². The van der Waals surface area contributed by atoms with Crippen molar-refractivity contribution >= 4 is 57.9 Å². The topological polar surface area (TPSA) is 131 Å². The molecule has 5 rings (SSSR count). The van der Waals surface area contributed by atoms with Crippen molar-refractivity contribution in [1.29, 1.82) is 0 Å². The minimum absolute atomic E-state index is 0.0827. The number of carbonyl (C=O) groups excluding carboxylic acids is 1. The highest BCUT2D eigenvalue weighted by molar-refractivity contribution is 6.36. The summed E-state index contributed by atoms with van der Waals surface area (Å²) in [7, 11) is 0. The zero-order chi connectivity index (χ0) is 25.4. The minimum Gasteiger partial charge on any atom is -0.393 e. The van der Waals surface area contributed by atoms with Crippen molar-refractivity contribution in [3.8, 4) is 0 Å². The number of carbonyl (C=O) groups is 1. The number of hydrogen-bond acceptors (Lipinski definition) is 7. The number of aliphatic hydroxyl groups is 1. The van der Waals surface area contributed by atoms with E-state index in [9.17, 15) is 9.90 Å². The van der Waals surface area contributed by atoms with Gasteiger partial charge in [0, 0.05) is 23.0 Å². The minimum atomic E-state index is -0.328. The Morgan fingerprint density at radius 1 is 1.14 bits per heavy atom. The Labute approximate surface area is 219 Å². The number of imidazole rings is 1. The third-order valence-corrected chi connectivity index (χ3v) is 8.11. The summed E-state index contributed by atoms with van der Waals surface area (Å²) in [6, 6.07) is 5.45. The maximum absolute atomic E-state index is 11.7. The third kappa shape index (κ3) is 5.23. The van der Waals surface area contributed by atoms with Gasteiger partial charge < -0.3 is 21.5 Å². The first-order valence-electron chi connectivity index (χ1n) is 12.5. The molecule has 36 heavy (non-hydrogen) atoms. The zero-order valence-electron chi connectivity index (χ0n) is 20.1. The Bertz CT molecular complexity index is 1260. The molecule has 2 aliphatic rings. The number of aromatic nitrogens is 4. The Morgan fingerprint density at radius 2 is 1.92 bits per heavy atom. The standard InChI is InChI=1S/C25H31Cl2N7O2/c1-13-2-6-16(11-21(13)35)30-24-29-12-20-23(33-24)34(17-7-3-14(4-8-17)22(28)36)25(32-20)31-19-9-5-15(26)10-18(19)27/h5,9-10,12-14,16-17,21,35H,2-4,6-8,11H2,1H3,(H2,28,36)(H,31,32)(H,29,30,33)/t13-,14?,16-,17?,21?/m1/s1. The number of primary amides is 1. The lowest BCUT2D eigenvalue weighted by Gasteiger charge is -2.31. The van der Waals surface area contributed by atoms with Crippen LogP contribution >= 0.6 is 23.2 Å². The number of nitrogens with zero attached hydrogens (tertiary/aromatic N) is 4. The number of amides is 1. The van der Waals surface area contributed by atoms with Gasteiger partial charge in [0.05, 0.1) is 23.0 Å². The Hall–Kier alpha value is -2.62. The molecule has 0 spiro atoms. The molecule has 0 aliphatic heterocycles. The summed E-state index contributed by atoms with van der Waals surface area (Å²) >= 11 is 12.5. The first-order valence-corrected chi connectivity index (χ1v) is 13.2. The molecule has 2 fully saturated rings. The molecule has 1 aromatic carbocycles. The molecule has 0 radical (unpaired) electrons. The fourth-order valence-electron chi connectivity index (χ4n) is 5.34. The van der Waals surface area contributed by atoms with Gasteiger partial charge in [0.1, 0.15) is 5.52 Å². The van der Waals surface area contributed by atoms with E-state index in [1.54, 1.807) is 18.3 Å². The smallest absolute Gasteiger partial charge is 0.224 e. The maximum atomic E-state index is 11.7. The average Bonchev–Trinajstić information content (AvgIpc) is 3.20. The second-order valence-corrected chi connectivity index (χ2v) is 10.9. The van der Waals surface area contributed by atoms with Gasteiger partial charge >= 0.3 is 0 Å². The molecule has 11 heteroatoms. The van der Waals surface area contributed by atoms with E-state index < -0.39 is 0 Å². The van der Waals surface area contributed by atoms with Crippen molar-refractivity contribution in [3.05, 3.63) is 34.4 Å². The summed E-state index contributed by atoms with van der Waals surface area (Å²) in [4.78, 5) is 25.9. The van der Waals surface area contributed by atoms with Gasteiger partial charge in [0.15, 0.2) is 5.65 Å². The van der Waals surface area contributed by atoms with E-state index in [1.807, 2.05) is 6.07 Å². The summed E-state index contributed by atoms with van der Waals surface area (Å²) in [5.41, 5.74) is 7.60. The van der Waals surface area contributed by atoms with Crippen LogP contribution in [0.25, 0.3) is 11.2 Å². The molecule has 3 atom stereocenters. The van der Waals surface area contributed by atoms with Gasteiger partial charge in [-0.3, -0.25) is 9.36 Å². The molecule has 2 aliphatic carbocycles. The van der Waals surface area contributed by atoms with Crippen LogP contribution in [0.4, 0.5) is 17.6 Å². The van der Waals surface area contributed by atoms with Gasteiger partial charge in [-0.05, 0) is 69.1 Å². The van der Waals surface area contributed by atoms with Crippen molar-refractivity contribution in [2.45, 2.75) is 70.1 Å². The van der Waals surface area contributed by atoms with E-state index in [2.05, 4.69) is 27.1 Å². The predicted molar refractivity (Wildman–Crippen MR) is 142 cm³/mol. The molecule has 192 valence electrons. The molecule has 1 amide bonds. The van der Waals surface area contributed by atoms with Gasteiger partial charge in [-0.1, -0.05) is 30.1 Å². The SMILES string of the molecule is C[C@@H]1CC[C@@H](Nc2ncc3nc(Nc4ccc(Cl)cc4Cl)n(C4CCC(C(N)=O)CC4)c3n2)CC1O. The number of benzene rings is 1. The van der Waals surface area contributed by atoms with Crippen LogP contribution < -0.4 is 16.4 Å². The molecule has 5 N–H and O–H groups in total. The third-order valence-electron chi connectivity index (χ3n) is 7.56. The molecule has 9 nitrogen and oxygen atoms in total. The quantitative estimate of drug-likeness (QED) is 0.349. The first-order chi connectivity index (χ1) is 17.3. The van der Waals surface area contributed by atoms with Gasteiger partial charge in [-0.2, -0.15) is 4.98 Å². The lowest BCUT2D eigenvalue weighted by atomic mass is 9.85. The van der Waals surface area contributed by atoms with E-state index >= 15 is 0 Å². The number of nitrogens with one attached hydrogen (secondary N) is 2. The number of anilines is 3. The van der Waals surface area contributed by atoms with Gasteiger partial charge in [-0.15, -0.1) is 0 Å². The van der Waals surface area contributed by atoms with Crippen molar-refractivity contribution in [2.75, 3.05) is 10.6 Å². The highest BCUT2D eigenvalue weighted by Crippen LogP contribution is 2.38. The largest absolute Gasteiger partial charge is 0.393 e. The Morgan fingerprint density at radius 3 is 2.61 bits per heavy atom. The molecule has 2 saturated carbocycles. The summed E-state index contributed by atoms with van der Waals surface area (Å²) in [6.07, 6.45) is 6.96. The van der Waals surface area contributed by atoms with Crippen LogP contribution in [0.3, 0.4) is 0 Å². The summed E-state index contributed by atoms with van der Waals surface area (Å²) in [5, 5.41) is 18.1. The summed E-state index contributed by atoms with van der Waals surface area (Å²) < 4.78 is 2.09. The number of hydrogen-bond donors (Lipinski definition) is 4. The number of rotatable bonds is 6. The van der Waals surface area contributed by atoms with Crippen LogP contribution in [0.5, 0.6) is 0 Å². The molecule has 2 aromatic heterocycles. The average molecular weight is 532 g/mol. The van der Waals surface area contributed by atoms with E-state index in [1.165, 1.54) is 0 Å². The highest BCUT2D eigenvalue weighted by Gasteiger charge is 2.30. The van der Waals surface area contributed by atoms with Crippen LogP contribution in [-0.2, 0) is 4.79 Å². The van der Waals surface area contributed by atoms with Gasteiger partial charge in [-0.25, -0.2) is 9.97 Å². The van der Waals surface area contributed by atoms with Gasteiger partial charge in [0.25, 0.3) is 0 Å². The molecule has 3 aromatic rings. The lowest BCUT2D eigenvalue weighted by molar-refractivity contribution is -0.122. The fourth-order valence-corrected chi connectivity index (χ4v) is 5.79. The number of nitrogens with two attached hydrogens (primary N) is 1. The van der Waals surface area contributed by atoms with E-state index in [4.69, 9.17) is 38.9 Å². The van der Waals surface area contributed by atoms with E-state index in [0.717, 1.165) is 38.5 Å². The molecule has 0 bridgehead atoms. The molecule has 0 saturated heterocycles. The Kier molecular flexibility index (Phi) is 7.23. The Balaban J connectivity index is 1.48. The molecular formula is C25H31Cl2N7O2. The highest BCUT2D eigenvalue weighted by atomic mass is 35.5. The second-order valence-electron chi connectivity index (χ2n) is 10.1. The summed E-state index contributed by atoms with van der Waals surface area (Å²) in [6.45, 7) is 2.08. The fraction of sp³-hybridized carbons (Fsp3) is 0.520. The first kappa shape index (κ1) is 25.0. The maximum Gasteiger partial charge on any atom is 0.224 e. The molecule has 1 unspecified atom stereocenters. The van der Waals surface area contributed by atoms with Crippen LogP contribution in [0.2, 0.25) is 10.0 Å². The molecule has 2 heterocycles. The number of fused-ring (bicyclic) bond motifs is 1. The van der Waals surface area contributed by atoms with Gasteiger partial charge in [0.2, 0.25) is 17.8 Å². The van der Waals surface area contributed by atoms with E-state index in [0.29, 0.717) is 51.1 Å². The van der Waals surface area contributed by atoms with Crippen molar-refractivity contribution in [2.24, 2.45) is 17.6 Å². The molecular weight excluding hydrogens is 501 g/mol. The zero-order valence-corrected chi connectivity index (χ0v) is 21.6. The van der Waals surface area contributed by atoms with E-state index in [-0.39, 0.29) is 30.0 Å². The van der Waals surface area contributed by atoms with Crippen molar-refractivity contribution in [3.63, 3.8) is 0 Å². The lowest BCUT2D eigenvalue weighted by Crippen LogP contribution is -2.35. The van der Waals surface area contributed by atoms with Crippen LogP contribution in [0.15, 0.2) is 24.4 Å². The number of halogens is 2. The normalized spacial score (nSPS) is 26.6. The number of aliphatic hydroxyl groups excluding tert-OH is 1. The second kappa shape index (κ2) is 10.4. The van der Waals surface area contributed by atoms with Crippen molar-refractivity contribution < 1.29 is 9.90 Å². The predicted octanol–water partition coefficient (Wildman–Crippen LogP) is 5.05. The van der Waals surface area contributed by atoms with Crippen LogP contribution in [0, 0.1) is 11.8 Å².